The van der Waals surface area contributed by atoms with Crippen LogP contribution in [0.25, 0.3) is 0 Å². The van der Waals surface area contributed by atoms with Gasteiger partial charge in [0.2, 0.25) is 15.9 Å². The van der Waals surface area contributed by atoms with Crippen LogP contribution in [0.15, 0.2) is 34.5 Å². The van der Waals surface area contributed by atoms with Crippen molar-refractivity contribution in [1.82, 2.24) is 9.71 Å². The van der Waals surface area contributed by atoms with E-state index in [9.17, 15) is 13.2 Å². The summed E-state index contributed by atoms with van der Waals surface area (Å²) in [5, 5.41) is 5.45. The minimum Gasteiger partial charge on any atom is -0.326 e. The lowest BCUT2D eigenvalue weighted by Gasteiger charge is -2.20. The first kappa shape index (κ1) is 18.6. The third kappa shape index (κ3) is 5.40. The van der Waals surface area contributed by atoms with E-state index in [2.05, 4.69) is 15.0 Å². The van der Waals surface area contributed by atoms with Gasteiger partial charge in [-0.2, -0.15) is 0 Å². The van der Waals surface area contributed by atoms with E-state index < -0.39 is 15.6 Å². The van der Waals surface area contributed by atoms with E-state index in [0.29, 0.717) is 11.4 Å². The normalized spacial score (nSPS) is 12.2. The smallest absolute Gasteiger partial charge is 0.241 e. The van der Waals surface area contributed by atoms with Crippen LogP contribution in [0.3, 0.4) is 0 Å². The van der Waals surface area contributed by atoms with Gasteiger partial charge in [-0.05, 0) is 45.9 Å². The number of aromatic nitrogens is 1. The maximum Gasteiger partial charge on any atom is 0.241 e. The van der Waals surface area contributed by atoms with Crippen LogP contribution in [0.1, 0.15) is 31.5 Å². The number of thiazole rings is 1. The summed E-state index contributed by atoms with van der Waals surface area (Å²) in [6.45, 7) is 7.19. The van der Waals surface area contributed by atoms with E-state index >= 15 is 0 Å². The van der Waals surface area contributed by atoms with E-state index in [-0.39, 0.29) is 17.2 Å². The Morgan fingerprint density at radius 2 is 2.00 bits per heavy atom. The number of nitrogens with one attached hydrogen (secondary N) is 2. The Morgan fingerprint density at radius 1 is 1.29 bits per heavy atom. The van der Waals surface area contributed by atoms with Gasteiger partial charge in [-0.25, -0.2) is 18.1 Å². The zero-order valence-electron chi connectivity index (χ0n) is 14.1. The van der Waals surface area contributed by atoms with Gasteiger partial charge in [0.1, 0.15) is 0 Å². The number of aryl methyl sites for hydroxylation is 1. The summed E-state index contributed by atoms with van der Waals surface area (Å²) in [4.78, 5) is 16.4. The van der Waals surface area contributed by atoms with Gasteiger partial charge in [0.05, 0.1) is 22.0 Å². The molecule has 0 spiro atoms. The first-order chi connectivity index (χ1) is 11.0. The summed E-state index contributed by atoms with van der Waals surface area (Å²) in [5.41, 5.74) is 0.553. The molecule has 130 valence electrons. The average molecular weight is 367 g/mol. The van der Waals surface area contributed by atoms with Crippen LogP contribution in [0, 0.1) is 6.92 Å². The second-order valence-electron chi connectivity index (χ2n) is 6.47. The van der Waals surface area contributed by atoms with Crippen LogP contribution in [-0.2, 0) is 21.2 Å². The van der Waals surface area contributed by atoms with Gasteiger partial charge in [0.15, 0.2) is 0 Å². The second kappa shape index (κ2) is 7.00. The third-order valence-corrected chi connectivity index (χ3v) is 5.45. The summed E-state index contributed by atoms with van der Waals surface area (Å²) in [6, 6.07) is 6.19. The van der Waals surface area contributed by atoms with Crippen LogP contribution < -0.4 is 10.0 Å². The van der Waals surface area contributed by atoms with Gasteiger partial charge in [-0.3, -0.25) is 4.79 Å². The maximum atomic E-state index is 12.3. The molecule has 1 heterocycles. The Balaban J connectivity index is 2.11. The first-order valence-corrected chi connectivity index (χ1v) is 9.76. The molecular weight excluding hydrogens is 346 g/mol. The van der Waals surface area contributed by atoms with Gasteiger partial charge in [0, 0.05) is 16.6 Å². The lowest BCUT2D eigenvalue weighted by atomic mass is 10.1. The molecular formula is C16H21N3O3S2. The van der Waals surface area contributed by atoms with Crippen LogP contribution in [0.5, 0.6) is 0 Å². The van der Waals surface area contributed by atoms with Crippen molar-refractivity contribution in [3.8, 4) is 0 Å². The number of anilines is 1. The fourth-order valence-electron chi connectivity index (χ4n) is 2.06. The fraction of sp³-hybridized carbons (Fsp3) is 0.375. The Kier molecular flexibility index (Phi) is 5.42. The fourth-order valence-corrected chi connectivity index (χ4v) is 4.14. The summed E-state index contributed by atoms with van der Waals surface area (Å²) in [6.07, 6.45) is 0.154. The quantitative estimate of drug-likeness (QED) is 0.850. The highest BCUT2D eigenvalue weighted by Gasteiger charge is 2.22. The summed E-state index contributed by atoms with van der Waals surface area (Å²) < 4.78 is 27.3. The molecule has 6 nitrogen and oxygen atoms in total. The number of amides is 1. The molecule has 0 aliphatic carbocycles. The van der Waals surface area contributed by atoms with Crippen molar-refractivity contribution in [2.45, 2.75) is 44.6 Å². The predicted molar refractivity (Wildman–Crippen MR) is 95.7 cm³/mol. The largest absolute Gasteiger partial charge is 0.326 e. The molecule has 0 bridgehead atoms. The average Bonchev–Trinajstić information content (AvgIpc) is 2.81. The molecule has 0 saturated carbocycles. The van der Waals surface area contributed by atoms with Crippen molar-refractivity contribution in [2.75, 3.05) is 5.32 Å². The standard InChI is InChI=1S/C16H21N3O3S2/c1-11-17-13(10-23-11)9-15(20)18-12-6-5-7-14(8-12)24(21,22)19-16(2,3)4/h5-8,10,19H,9H2,1-4H3,(H,18,20). The molecule has 2 aromatic rings. The van der Waals surface area contributed by atoms with Crippen molar-refractivity contribution >= 4 is 33.0 Å². The molecule has 2 N–H and O–H groups in total. The molecule has 0 aliphatic rings. The maximum absolute atomic E-state index is 12.3. The number of benzene rings is 1. The monoisotopic (exact) mass is 367 g/mol. The lowest BCUT2D eigenvalue weighted by molar-refractivity contribution is -0.115. The van der Waals surface area contributed by atoms with Crippen LogP contribution >= 0.6 is 11.3 Å². The van der Waals surface area contributed by atoms with E-state index in [0.717, 1.165) is 5.01 Å². The molecule has 0 radical (unpaired) electrons. The zero-order valence-corrected chi connectivity index (χ0v) is 15.7. The topological polar surface area (TPSA) is 88.2 Å². The highest BCUT2D eigenvalue weighted by Crippen LogP contribution is 2.18. The summed E-state index contributed by atoms with van der Waals surface area (Å²) >= 11 is 1.49. The number of carbonyl (C=O) groups excluding carboxylic acids is 1. The van der Waals surface area contributed by atoms with Crippen LogP contribution in [0.4, 0.5) is 5.69 Å². The number of carbonyl (C=O) groups is 1. The number of nitrogens with zero attached hydrogens (tertiary/aromatic N) is 1. The van der Waals surface area contributed by atoms with Crippen LogP contribution in [0.2, 0.25) is 0 Å². The van der Waals surface area contributed by atoms with Crippen molar-refractivity contribution in [3.63, 3.8) is 0 Å². The molecule has 0 saturated heterocycles. The Hall–Kier alpha value is -1.77. The van der Waals surface area contributed by atoms with Gasteiger partial charge in [0.25, 0.3) is 0 Å². The SMILES string of the molecule is Cc1nc(CC(=O)Nc2cccc(S(=O)(=O)NC(C)(C)C)c2)cs1. The van der Waals surface area contributed by atoms with Crippen molar-refractivity contribution in [1.29, 1.82) is 0 Å². The minimum absolute atomic E-state index is 0.111. The van der Waals surface area contributed by atoms with E-state index in [4.69, 9.17) is 0 Å². The zero-order chi connectivity index (χ0) is 18.0. The molecule has 1 amide bonds. The van der Waals surface area contributed by atoms with E-state index in [1.54, 1.807) is 32.9 Å². The predicted octanol–water partition coefficient (Wildman–Crippen LogP) is 2.71. The molecule has 8 heteroatoms. The van der Waals surface area contributed by atoms with Gasteiger partial charge in [-0.15, -0.1) is 11.3 Å². The highest BCUT2D eigenvalue weighted by molar-refractivity contribution is 7.89. The van der Waals surface area contributed by atoms with Crippen molar-refractivity contribution in [2.24, 2.45) is 0 Å². The summed E-state index contributed by atoms with van der Waals surface area (Å²) in [7, 11) is -3.64. The molecule has 2 rings (SSSR count). The second-order valence-corrected chi connectivity index (χ2v) is 9.21. The molecule has 1 aromatic carbocycles. The van der Waals surface area contributed by atoms with Gasteiger partial charge >= 0.3 is 0 Å². The Morgan fingerprint density at radius 3 is 2.58 bits per heavy atom. The molecule has 0 fully saturated rings. The molecule has 0 atom stereocenters. The molecule has 0 unspecified atom stereocenters. The number of hydrogen-bond acceptors (Lipinski definition) is 5. The van der Waals surface area contributed by atoms with E-state index in [1.165, 1.54) is 23.5 Å². The first-order valence-electron chi connectivity index (χ1n) is 7.40. The van der Waals surface area contributed by atoms with E-state index in [1.807, 2.05) is 12.3 Å². The van der Waals surface area contributed by atoms with Crippen molar-refractivity contribution in [3.05, 3.63) is 40.3 Å². The number of sulfonamides is 1. The Labute approximate surface area is 146 Å². The molecule has 0 aliphatic heterocycles. The molecule has 24 heavy (non-hydrogen) atoms. The van der Waals surface area contributed by atoms with Gasteiger partial charge in [-0.1, -0.05) is 6.07 Å². The molecule has 1 aromatic heterocycles. The third-order valence-electron chi connectivity index (χ3n) is 2.88. The van der Waals surface area contributed by atoms with Crippen molar-refractivity contribution < 1.29 is 13.2 Å². The Bertz CT molecular complexity index is 836. The highest BCUT2D eigenvalue weighted by atomic mass is 32.2. The number of rotatable bonds is 5. The van der Waals surface area contributed by atoms with Crippen LogP contribution in [-0.4, -0.2) is 24.8 Å². The summed E-state index contributed by atoms with van der Waals surface area (Å²) in [5.74, 6) is -0.237. The van der Waals surface area contributed by atoms with Gasteiger partial charge < -0.3 is 5.32 Å². The minimum atomic E-state index is -3.64. The lowest BCUT2D eigenvalue weighted by Crippen LogP contribution is -2.40. The number of hydrogen-bond donors (Lipinski definition) is 2.